The lowest BCUT2D eigenvalue weighted by molar-refractivity contribution is 0.164. The van der Waals surface area contributed by atoms with Crippen molar-refractivity contribution in [3.05, 3.63) is 78.0 Å². The first-order valence-corrected chi connectivity index (χ1v) is 11.1. The van der Waals surface area contributed by atoms with E-state index in [9.17, 15) is 5.26 Å². The summed E-state index contributed by atoms with van der Waals surface area (Å²) in [6.07, 6.45) is 3.44. The maximum Gasteiger partial charge on any atom is 0.142 e. The van der Waals surface area contributed by atoms with Crippen molar-refractivity contribution in [2.75, 3.05) is 13.1 Å². The molecule has 1 N–H and O–H groups in total. The third-order valence-corrected chi connectivity index (χ3v) is 6.36. The first-order chi connectivity index (χ1) is 15.6. The molecule has 4 aromatic rings. The van der Waals surface area contributed by atoms with Gasteiger partial charge in [-0.15, -0.1) is 0 Å². The lowest BCUT2D eigenvalue weighted by atomic mass is 9.97. The van der Waals surface area contributed by atoms with Gasteiger partial charge in [-0.25, -0.2) is 9.37 Å². The lowest BCUT2D eigenvalue weighted by Gasteiger charge is -2.20. The molecule has 5 rings (SSSR count). The Kier molecular flexibility index (Phi) is 5.24. The van der Waals surface area contributed by atoms with Crippen molar-refractivity contribution in [2.45, 2.75) is 32.0 Å². The summed E-state index contributed by atoms with van der Waals surface area (Å²) in [7, 11) is 0. The molecule has 160 valence electrons. The summed E-state index contributed by atoms with van der Waals surface area (Å²) < 4.78 is 17.2. The molecule has 1 saturated heterocycles. The fourth-order valence-corrected chi connectivity index (χ4v) is 4.46. The van der Waals surface area contributed by atoms with E-state index in [4.69, 9.17) is 4.98 Å². The average molecular weight is 425 g/mol. The van der Waals surface area contributed by atoms with Gasteiger partial charge in [0.15, 0.2) is 0 Å². The Morgan fingerprint density at radius 3 is 2.50 bits per heavy atom. The number of aromatic nitrogens is 2. The molecule has 0 saturated carbocycles. The standard InChI is InChI=1S/C27H25FN4/c1-2-19-3-9-22(10-4-19)26-23(21-7-5-20(16-29)6-8-21)15-25-24(31-26)11-14-32(25)18-27(28)12-13-30-17-27/h3-11,14-15,30H,2,12-13,17-18H2,1H3. The minimum atomic E-state index is -1.24. The molecule has 0 bridgehead atoms. The third-order valence-electron chi connectivity index (χ3n) is 6.36. The fraction of sp³-hybridized carbons (Fsp3) is 0.259. The molecular formula is C27H25FN4. The van der Waals surface area contributed by atoms with Gasteiger partial charge in [-0.1, -0.05) is 43.3 Å². The first kappa shape index (κ1) is 20.4. The van der Waals surface area contributed by atoms with Crippen LogP contribution in [0, 0.1) is 11.3 Å². The van der Waals surface area contributed by atoms with Gasteiger partial charge in [0.25, 0.3) is 0 Å². The number of rotatable bonds is 5. The zero-order valence-corrected chi connectivity index (χ0v) is 18.1. The number of nitriles is 1. The lowest BCUT2D eigenvalue weighted by Crippen LogP contribution is -2.31. The smallest absolute Gasteiger partial charge is 0.142 e. The molecule has 32 heavy (non-hydrogen) atoms. The van der Waals surface area contributed by atoms with Gasteiger partial charge in [-0.3, -0.25) is 0 Å². The second kappa shape index (κ2) is 8.22. The minimum absolute atomic E-state index is 0.308. The second-order valence-corrected chi connectivity index (χ2v) is 8.55. The SMILES string of the molecule is CCc1ccc(-c2nc3ccn(CC4(F)CCNC4)c3cc2-c2ccc(C#N)cc2)cc1. The van der Waals surface area contributed by atoms with E-state index in [1.807, 2.05) is 41.1 Å². The van der Waals surface area contributed by atoms with Crippen molar-refractivity contribution in [1.82, 2.24) is 14.9 Å². The van der Waals surface area contributed by atoms with E-state index < -0.39 is 5.67 Å². The van der Waals surface area contributed by atoms with Gasteiger partial charge in [-0.2, -0.15) is 5.26 Å². The van der Waals surface area contributed by atoms with E-state index in [-0.39, 0.29) is 0 Å². The van der Waals surface area contributed by atoms with Gasteiger partial charge in [0.2, 0.25) is 0 Å². The van der Waals surface area contributed by atoms with Crippen LogP contribution in [0.25, 0.3) is 33.4 Å². The van der Waals surface area contributed by atoms with Gasteiger partial charge in [-0.05, 0) is 54.8 Å². The Morgan fingerprint density at radius 1 is 1.09 bits per heavy atom. The van der Waals surface area contributed by atoms with Crippen LogP contribution in [0.4, 0.5) is 4.39 Å². The summed E-state index contributed by atoms with van der Waals surface area (Å²) in [6.45, 7) is 3.54. The summed E-state index contributed by atoms with van der Waals surface area (Å²) in [5.74, 6) is 0. The van der Waals surface area contributed by atoms with Crippen LogP contribution < -0.4 is 5.32 Å². The fourth-order valence-electron chi connectivity index (χ4n) is 4.46. The number of halogens is 1. The van der Waals surface area contributed by atoms with Crippen molar-refractivity contribution < 1.29 is 4.39 Å². The van der Waals surface area contributed by atoms with Gasteiger partial charge in [0, 0.05) is 23.9 Å². The second-order valence-electron chi connectivity index (χ2n) is 8.55. The Labute approximate surface area is 187 Å². The zero-order chi connectivity index (χ0) is 22.1. The quantitative estimate of drug-likeness (QED) is 0.460. The molecular weight excluding hydrogens is 399 g/mol. The number of pyridine rings is 1. The predicted octanol–water partition coefficient (Wildman–Crippen LogP) is 5.51. The number of benzene rings is 2. The Bertz CT molecular complexity index is 1290. The molecule has 2 aromatic heterocycles. The summed E-state index contributed by atoms with van der Waals surface area (Å²) in [4.78, 5) is 5.01. The van der Waals surface area contributed by atoms with Crippen LogP contribution in [0.3, 0.4) is 0 Å². The summed E-state index contributed by atoms with van der Waals surface area (Å²) in [5.41, 5.74) is 6.32. The average Bonchev–Trinajstić information content (AvgIpc) is 3.44. The molecule has 1 unspecified atom stereocenters. The zero-order valence-electron chi connectivity index (χ0n) is 18.1. The molecule has 1 atom stereocenters. The highest BCUT2D eigenvalue weighted by Crippen LogP contribution is 2.35. The van der Waals surface area contributed by atoms with E-state index in [2.05, 4.69) is 48.6 Å². The number of alkyl halides is 1. The van der Waals surface area contributed by atoms with Gasteiger partial charge < -0.3 is 9.88 Å². The van der Waals surface area contributed by atoms with Gasteiger partial charge in [0.1, 0.15) is 5.67 Å². The molecule has 0 amide bonds. The Morgan fingerprint density at radius 2 is 1.84 bits per heavy atom. The largest absolute Gasteiger partial charge is 0.343 e. The Hall–Kier alpha value is -3.49. The molecule has 0 radical (unpaired) electrons. The van der Waals surface area contributed by atoms with Crippen molar-refractivity contribution >= 4 is 11.0 Å². The predicted molar refractivity (Wildman–Crippen MR) is 126 cm³/mol. The number of aryl methyl sites for hydroxylation is 1. The number of fused-ring (bicyclic) bond motifs is 1. The highest BCUT2D eigenvalue weighted by atomic mass is 19.1. The summed E-state index contributed by atoms with van der Waals surface area (Å²) in [6, 6.07) is 22.3. The van der Waals surface area contributed by atoms with Crippen molar-refractivity contribution in [3.8, 4) is 28.5 Å². The maximum absolute atomic E-state index is 15.2. The highest BCUT2D eigenvalue weighted by molar-refractivity contribution is 5.90. The van der Waals surface area contributed by atoms with Crippen LogP contribution in [0.2, 0.25) is 0 Å². The Balaban J connectivity index is 1.66. The highest BCUT2D eigenvalue weighted by Gasteiger charge is 2.34. The van der Waals surface area contributed by atoms with Gasteiger partial charge in [0.05, 0.1) is 34.9 Å². The van der Waals surface area contributed by atoms with Gasteiger partial charge >= 0.3 is 0 Å². The molecule has 3 heterocycles. The molecule has 1 aliphatic heterocycles. The van der Waals surface area contributed by atoms with E-state index in [0.717, 1.165) is 39.8 Å². The molecule has 5 heteroatoms. The van der Waals surface area contributed by atoms with E-state index in [1.165, 1.54) is 5.56 Å². The minimum Gasteiger partial charge on any atom is -0.343 e. The van der Waals surface area contributed by atoms with Crippen molar-refractivity contribution in [3.63, 3.8) is 0 Å². The number of nitrogens with zero attached hydrogens (tertiary/aromatic N) is 3. The molecule has 0 spiro atoms. The van der Waals surface area contributed by atoms with Crippen LogP contribution in [0.1, 0.15) is 24.5 Å². The normalized spacial score (nSPS) is 18.2. The molecule has 4 nitrogen and oxygen atoms in total. The number of nitrogens with one attached hydrogen (secondary N) is 1. The van der Waals surface area contributed by atoms with E-state index >= 15 is 4.39 Å². The molecule has 0 aliphatic carbocycles. The van der Waals surface area contributed by atoms with Crippen LogP contribution in [0.5, 0.6) is 0 Å². The van der Waals surface area contributed by atoms with Crippen LogP contribution in [-0.2, 0) is 13.0 Å². The molecule has 1 aliphatic rings. The number of hydrogen-bond acceptors (Lipinski definition) is 3. The van der Waals surface area contributed by atoms with Crippen LogP contribution >= 0.6 is 0 Å². The summed E-state index contributed by atoms with van der Waals surface area (Å²) in [5, 5.41) is 12.3. The van der Waals surface area contributed by atoms with E-state index in [1.54, 1.807) is 0 Å². The molecule has 2 aromatic carbocycles. The first-order valence-electron chi connectivity index (χ1n) is 11.1. The maximum atomic E-state index is 15.2. The summed E-state index contributed by atoms with van der Waals surface area (Å²) >= 11 is 0. The number of hydrogen-bond donors (Lipinski definition) is 1. The van der Waals surface area contributed by atoms with Crippen LogP contribution in [-0.4, -0.2) is 28.3 Å². The van der Waals surface area contributed by atoms with Crippen molar-refractivity contribution in [2.24, 2.45) is 0 Å². The van der Waals surface area contributed by atoms with Crippen molar-refractivity contribution in [1.29, 1.82) is 5.26 Å². The molecule has 1 fully saturated rings. The monoisotopic (exact) mass is 424 g/mol. The van der Waals surface area contributed by atoms with Crippen LogP contribution in [0.15, 0.2) is 66.9 Å². The van der Waals surface area contributed by atoms with E-state index in [0.29, 0.717) is 31.6 Å². The topological polar surface area (TPSA) is 53.6 Å². The third kappa shape index (κ3) is 3.79.